The van der Waals surface area contributed by atoms with Crippen LogP contribution in [0.3, 0.4) is 0 Å². The van der Waals surface area contributed by atoms with E-state index >= 15 is 0 Å². The lowest BCUT2D eigenvalue weighted by atomic mass is 9.86. The quantitative estimate of drug-likeness (QED) is 0.259. The average molecular weight is 548 g/mol. The van der Waals surface area contributed by atoms with Crippen LogP contribution in [0.25, 0.3) is 0 Å². The van der Waals surface area contributed by atoms with E-state index in [-0.39, 0.29) is 35.9 Å². The first-order valence-electron chi connectivity index (χ1n) is 11.5. The van der Waals surface area contributed by atoms with Crippen LogP contribution < -0.4 is 14.8 Å². The number of benzene rings is 1. The largest absolute Gasteiger partial charge is 0.573 e. The number of ether oxygens (including phenoxy) is 2. The molecule has 1 heterocycles. The Morgan fingerprint density at radius 2 is 1.97 bits per heavy atom. The number of rotatable bonds is 11. The van der Waals surface area contributed by atoms with Gasteiger partial charge in [0.15, 0.2) is 5.13 Å². The summed E-state index contributed by atoms with van der Waals surface area (Å²) in [6, 6.07) is 5.09. The lowest BCUT2D eigenvalue weighted by Crippen LogP contribution is -2.45. The highest BCUT2D eigenvalue weighted by Crippen LogP contribution is 2.31. The molecule has 1 aliphatic carbocycles. The number of nitrogens with one attached hydrogen (secondary N) is 1. The topological polar surface area (TPSA) is 101 Å². The Hall–Kier alpha value is -2.67. The average Bonchev–Trinajstić information content (AvgIpc) is 3.25. The van der Waals surface area contributed by atoms with E-state index in [1.807, 2.05) is 0 Å². The number of carbonyl (C=O) groups is 2. The van der Waals surface area contributed by atoms with Gasteiger partial charge < -0.3 is 19.5 Å². The molecule has 0 atom stereocenters. The number of alkyl halides is 3. The lowest BCUT2D eigenvalue weighted by molar-refractivity contribution is -0.274. The monoisotopic (exact) mass is 547 g/mol. The third-order valence-corrected chi connectivity index (χ3v) is 7.67. The van der Waals surface area contributed by atoms with Crippen LogP contribution in [-0.4, -0.2) is 58.3 Å². The number of carboxylic acids is 1. The minimum absolute atomic E-state index is 0.0607. The Morgan fingerprint density at radius 1 is 1.25 bits per heavy atom. The maximum atomic E-state index is 13.1. The number of carboxylic acid groups (broad SMARTS) is 1. The fourth-order valence-corrected chi connectivity index (χ4v) is 5.45. The normalized spacial score (nSPS) is 17.9. The van der Waals surface area contributed by atoms with Gasteiger partial charge in [0, 0.05) is 18.7 Å². The van der Waals surface area contributed by atoms with Crippen molar-refractivity contribution >= 4 is 40.2 Å². The van der Waals surface area contributed by atoms with Gasteiger partial charge in [0.25, 0.3) is 0 Å². The van der Waals surface area contributed by atoms with Crippen molar-refractivity contribution in [2.75, 3.05) is 24.2 Å². The molecule has 1 aromatic heterocycles. The molecule has 0 aliphatic heterocycles. The van der Waals surface area contributed by atoms with E-state index in [0.717, 1.165) is 37.4 Å². The van der Waals surface area contributed by atoms with Gasteiger partial charge in [0.2, 0.25) is 0 Å². The van der Waals surface area contributed by atoms with Gasteiger partial charge in [-0.1, -0.05) is 24.3 Å². The van der Waals surface area contributed by atoms with Crippen molar-refractivity contribution in [3.8, 4) is 11.5 Å². The van der Waals surface area contributed by atoms with Gasteiger partial charge in [-0.15, -0.1) is 24.9 Å². The summed E-state index contributed by atoms with van der Waals surface area (Å²) < 4.78 is 47.5. The van der Waals surface area contributed by atoms with Crippen molar-refractivity contribution in [3.63, 3.8) is 0 Å². The second-order valence-electron chi connectivity index (χ2n) is 8.43. The summed E-state index contributed by atoms with van der Waals surface area (Å²) in [5, 5.41) is 12.0. The molecule has 0 saturated heterocycles. The summed E-state index contributed by atoms with van der Waals surface area (Å²) in [7, 11) is 0. The Labute approximate surface area is 215 Å². The zero-order chi connectivity index (χ0) is 26.1. The van der Waals surface area contributed by atoms with Crippen molar-refractivity contribution in [1.29, 1.82) is 0 Å². The van der Waals surface area contributed by atoms with Crippen molar-refractivity contribution < 1.29 is 37.3 Å². The number of hydrogen-bond acceptors (Lipinski definition) is 7. The van der Waals surface area contributed by atoms with Crippen LogP contribution in [0.1, 0.15) is 39.0 Å². The maximum absolute atomic E-state index is 13.1. The van der Waals surface area contributed by atoms with E-state index in [9.17, 15) is 22.8 Å². The van der Waals surface area contributed by atoms with Gasteiger partial charge in [-0.2, -0.15) is 0 Å². The number of aliphatic carboxylic acids is 1. The molecule has 198 valence electrons. The Balaban J connectivity index is 1.56. The van der Waals surface area contributed by atoms with E-state index in [0.29, 0.717) is 28.2 Å². The van der Waals surface area contributed by atoms with E-state index in [4.69, 9.17) is 9.84 Å². The summed E-state index contributed by atoms with van der Waals surface area (Å²) in [5.41, 5.74) is 0. The predicted octanol–water partition coefficient (Wildman–Crippen LogP) is 6.10. The number of thioether (sulfide) groups is 1. The molecule has 0 radical (unpaired) electrons. The third kappa shape index (κ3) is 9.41. The number of thiazole rings is 1. The molecule has 0 unspecified atom stereocenters. The first-order valence-corrected chi connectivity index (χ1v) is 13.3. The number of urea groups is 1. The first-order chi connectivity index (χ1) is 17.1. The molecule has 13 heteroatoms. The smallest absolute Gasteiger partial charge is 0.493 e. The van der Waals surface area contributed by atoms with Crippen molar-refractivity contribution in [2.24, 2.45) is 5.92 Å². The molecular weight excluding hydrogens is 519 g/mol. The number of anilines is 1. The number of carbonyl (C=O) groups excluding carboxylic acids is 1. The molecule has 8 nitrogen and oxygen atoms in total. The number of halogens is 3. The van der Waals surface area contributed by atoms with E-state index in [1.165, 1.54) is 35.7 Å². The first kappa shape index (κ1) is 27.9. The van der Waals surface area contributed by atoms with Gasteiger partial charge in [-0.05, 0) is 50.2 Å². The molecule has 3 rings (SSSR count). The molecule has 2 aromatic rings. The van der Waals surface area contributed by atoms with Gasteiger partial charge in [0.1, 0.15) is 11.5 Å². The minimum Gasteiger partial charge on any atom is -0.493 e. The number of aromatic nitrogens is 1. The number of hydrogen-bond donors (Lipinski definition) is 2. The third-order valence-electron chi connectivity index (χ3n) is 5.57. The fourth-order valence-electron chi connectivity index (χ4n) is 3.87. The molecule has 1 aromatic carbocycles. The Morgan fingerprint density at radius 3 is 2.67 bits per heavy atom. The van der Waals surface area contributed by atoms with Crippen LogP contribution >= 0.6 is 23.1 Å². The summed E-state index contributed by atoms with van der Waals surface area (Å²) in [6.07, 6.45) is 1.02. The Kier molecular flexibility index (Phi) is 10.1. The molecule has 1 fully saturated rings. The number of nitrogens with zero attached hydrogens (tertiary/aromatic N) is 2. The molecule has 2 amide bonds. The van der Waals surface area contributed by atoms with Crippen LogP contribution in [-0.2, 0) is 4.79 Å². The second-order valence-corrected chi connectivity index (χ2v) is 10.7. The van der Waals surface area contributed by atoms with Crippen molar-refractivity contribution in [2.45, 2.75) is 55.6 Å². The van der Waals surface area contributed by atoms with Crippen molar-refractivity contribution in [3.05, 3.63) is 30.5 Å². The number of amides is 2. The van der Waals surface area contributed by atoms with Gasteiger partial charge in [-0.3, -0.25) is 10.1 Å². The molecule has 0 spiro atoms. The molecule has 36 heavy (non-hydrogen) atoms. The summed E-state index contributed by atoms with van der Waals surface area (Å²) >= 11 is 2.35. The van der Waals surface area contributed by atoms with Crippen LogP contribution in [0, 0.1) is 5.92 Å². The van der Waals surface area contributed by atoms with Gasteiger partial charge in [0.05, 0.1) is 22.8 Å². The van der Waals surface area contributed by atoms with Crippen LogP contribution in [0.2, 0.25) is 0 Å². The maximum Gasteiger partial charge on any atom is 0.573 e. The SMILES string of the molecule is CC1CCC(N(CCCOc2cccc(OC(F)(F)F)c2)C(=O)Nc2ncc(SCC(=O)O)s2)CC1. The molecule has 1 saturated carbocycles. The fraction of sp³-hybridized carbons (Fsp3) is 0.522. The van der Waals surface area contributed by atoms with E-state index < -0.39 is 12.3 Å². The summed E-state index contributed by atoms with van der Waals surface area (Å²) in [6.45, 7) is 2.79. The van der Waals surface area contributed by atoms with E-state index in [1.54, 1.807) is 11.0 Å². The summed E-state index contributed by atoms with van der Waals surface area (Å²) in [4.78, 5) is 29.8. The van der Waals surface area contributed by atoms with E-state index in [2.05, 4.69) is 22.0 Å². The van der Waals surface area contributed by atoms with Crippen molar-refractivity contribution in [1.82, 2.24) is 9.88 Å². The molecule has 1 aliphatic rings. The van der Waals surface area contributed by atoms with Gasteiger partial charge in [-0.25, -0.2) is 9.78 Å². The molecule has 2 N–H and O–H groups in total. The lowest BCUT2D eigenvalue weighted by Gasteiger charge is -2.36. The second kappa shape index (κ2) is 13.0. The Bertz CT molecular complexity index is 1010. The highest BCUT2D eigenvalue weighted by Gasteiger charge is 2.31. The highest BCUT2D eigenvalue weighted by atomic mass is 32.2. The standard InChI is InChI=1S/C23H28F3N3O5S2/c1-15-6-8-16(9-7-15)29(22(32)28-21-27-13-20(36-21)35-14-19(30)31)10-3-11-33-17-4-2-5-18(12-17)34-23(24,25)26/h2,4-5,12-13,15-16H,3,6-11,14H2,1H3,(H,30,31)(H,27,28,32). The van der Waals surface area contributed by atoms with Gasteiger partial charge >= 0.3 is 18.4 Å². The zero-order valence-corrected chi connectivity index (χ0v) is 21.3. The van der Waals surface area contributed by atoms with Crippen LogP contribution in [0.4, 0.5) is 23.1 Å². The zero-order valence-electron chi connectivity index (χ0n) is 19.6. The summed E-state index contributed by atoms with van der Waals surface area (Å²) in [5.74, 6) is -0.533. The highest BCUT2D eigenvalue weighted by molar-refractivity contribution is 8.01. The minimum atomic E-state index is -4.78. The predicted molar refractivity (Wildman–Crippen MR) is 131 cm³/mol. The van der Waals surface area contributed by atoms with Crippen LogP contribution in [0.5, 0.6) is 11.5 Å². The molecule has 0 bridgehead atoms. The van der Waals surface area contributed by atoms with Crippen LogP contribution in [0.15, 0.2) is 34.7 Å². The molecular formula is C23H28F3N3O5S2.